The lowest BCUT2D eigenvalue weighted by atomic mass is 9.99. The molecule has 13 nitrogen and oxygen atoms in total. The van der Waals surface area contributed by atoms with Crippen molar-refractivity contribution in [1.82, 2.24) is 0 Å². The summed E-state index contributed by atoms with van der Waals surface area (Å²) in [6, 6.07) is 3.76. The molecule has 1 aliphatic rings. The van der Waals surface area contributed by atoms with Gasteiger partial charge in [-0.1, -0.05) is 0 Å². The van der Waals surface area contributed by atoms with E-state index in [-0.39, 0.29) is 11.1 Å². The number of phenolic OH excluding ortho intramolecular Hbond substituents is 5. The van der Waals surface area contributed by atoms with Crippen LogP contribution in [0.1, 0.15) is 13.8 Å². The van der Waals surface area contributed by atoms with Crippen LogP contribution >= 0.6 is 0 Å². The van der Waals surface area contributed by atoms with Crippen molar-refractivity contribution in [2.24, 2.45) is 0 Å². The van der Waals surface area contributed by atoms with Crippen molar-refractivity contribution in [3.63, 3.8) is 0 Å². The van der Waals surface area contributed by atoms with Crippen LogP contribution < -0.4 is 10.2 Å². The summed E-state index contributed by atoms with van der Waals surface area (Å²) in [5, 5.41) is 70.2. The molecule has 0 bridgehead atoms. The van der Waals surface area contributed by atoms with E-state index in [0.29, 0.717) is 0 Å². The maximum atomic E-state index is 13.4. The zero-order valence-electron chi connectivity index (χ0n) is 18.8. The van der Waals surface area contributed by atoms with Gasteiger partial charge in [0.25, 0.3) is 0 Å². The summed E-state index contributed by atoms with van der Waals surface area (Å²) >= 11 is 0. The molecule has 2 aromatic carbocycles. The van der Waals surface area contributed by atoms with Gasteiger partial charge in [-0.15, -0.1) is 0 Å². The molecule has 1 fully saturated rings. The molecule has 1 saturated heterocycles. The van der Waals surface area contributed by atoms with Crippen LogP contribution in [0.2, 0.25) is 0 Å². The normalized spacial score (nSPS) is 23.9. The Hall–Kier alpha value is -4.20. The quantitative estimate of drug-likeness (QED) is 0.192. The lowest BCUT2D eigenvalue weighted by Gasteiger charge is -2.40. The lowest BCUT2D eigenvalue weighted by Crippen LogP contribution is -2.59. The van der Waals surface area contributed by atoms with Gasteiger partial charge in [0.15, 0.2) is 29.1 Å². The molecule has 0 spiro atoms. The van der Waals surface area contributed by atoms with Crippen molar-refractivity contribution in [2.45, 2.75) is 44.6 Å². The van der Waals surface area contributed by atoms with Gasteiger partial charge >= 0.3 is 5.97 Å². The molecule has 0 radical (unpaired) electrons. The zero-order valence-corrected chi connectivity index (χ0v) is 18.8. The Labute approximate surface area is 201 Å². The number of aliphatic hydroxyl groups excluding tert-OH is 2. The van der Waals surface area contributed by atoms with Crippen molar-refractivity contribution >= 4 is 16.9 Å². The highest BCUT2D eigenvalue weighted by molar-refractivity contribution is 5.88. The Morgan fingerprint density at radius 3 is 2.19 bits per heavy atom. The van der Waals surface area contributed by atoms with Crippen LogP contribution in [-0.4, -0.2) is 72.4 Å². The van der Waals surface area contributed by atoms with Crippen molar-refractivity contribution in [1.29, 1.82) is 0 Å². The fourth-order valence-corrected chi connectivity index (χ4v) is 3.87. The molecule has 7 N–H and O–H groups in total. The molecule has 1 aliphatic heterocycles. The van der Waals surface area contributed by atoms with E-state index in [1.807, 2.05) is 0 Å². The minimum atomic E-state index is -1.83. The smallest absolute Gasteiger partial charge is 0.303 e. The first-order chi connectivity index (χ1) is 16.9. The van der Waals surface area contributed by atoms with Gasteiger partial charge in [-0.05, 0) is 19.1 Å². The molecule has 36 heavy (non-hydrogen) atoms. The van der Waals surface area contributed by atoms with E-state index >= 15 is 0 Å². The molecule has 2 unspecified atom stereocenters. The van der Waals surface area contributed by atoms with Crippen molar-refractivity contribution in [3.8, 4) is 45.8 Å². The number of carbonyl (C=O) groups is 1. The van der Waals surface area contributed by atoms with E-state index in [4.69, 9.17) is 18.6 Å². The van der Waals surface area contributed by atoms with Crippen molar-refractivity contribution in [2.75, 3.05) is 0 Å². The summed E-state index contributed by atoms with van der Waals surface area (Å²) < 4.78 is 21.8. The number of aromatic hydroxyl groups is 5. The number of hydrogen-bond donors (Lipinski definition) is 7. The third kappa shape index (κ3) is 4.30. The van der Waals surface area contributed by atoms with Crippen LogP contribution in [0.3, 0.4) is 0 Å². The molecule has 0 aliphatic carbocycles. The van der Waals surface area contributed by atoms with Gasteiger partial charge in [0.1, 0.15) is 34.7 Å². The molecule has 4 rings (SSSR count). The average Bonchev–Trinajstić information content (AvgIpc) is 2.79. The first-order valence-electron chi connectivity index (χ1n) is 10.5. The van der Waals surface area contributed by atoms with Crippen LogP contribution in [0, 0.1) is 0 Å². The van der Waals surface area contributed by atoms with E-state index in [9.17, 15) is 45.3 Å². The van der Waals surface area contributed by atoms with Crippen molar-refractivity contribution in [3.05, 3.63) is 34.5 Å². The number of fused-ring (bicyclic) bond motifs is 1. The van der Waals surface area contributed by atoms with E-state index in [0.717, 1.165) is 31.2 Å². The number of phenols is 5. The summed E-state index contributed by atoms with van der Waals surface area (Å²) in [6.07, 6.45) is -7.46. The number of ether oxygens (including phenoxy) is 3. The second-order valence-electron chi connectivity index (χ2n) is 8.17. The van der Waals surface area contributed by atoms with E-state index in [1.54, 1.807) is 0 Å². The fourth-order valence-electron chi connectivity index (χ4n) is 3.87. The maximum Gasteiger partial charge on any atom is 0.303 e. The van der Waals surface area contributed by atoms with Gasteiger partial charge in [-0.25, -0.2) is 0 Å². The van der Waals surface area contributed by atoms with Gasteiger partial charge < -0.3 is 54.4 Å². The van der Waals surface area contributed by atoms with E-state index < -0.39 is 87.7 Å². The number of aliphatic hydroxyl groups is 2. The van der Waals surface area contributed by atoms with Gasteiger partial charge in [0.2, 0.25) is 17.5 Å². The molecule has 1 aromatic heterocycles. The molecule has 13 heteroatoms. The number of hydrogen-bond acceptors (Lipinski definition) is 13. The van der Waals surface area contributed by atoms with Crippen LogP contribution in [0.15, 0.2) is 33.5 Å². The Balaban J connectivity index is 1.87. The van der Waals surface area contributed by atoms with E-state index in [2.05, 4.69) is 0 Å². The number of esters is 1. The Morgan fingerprint density at radius 2 is 1.58 bits per heavy atom. The highest BCUT2D eigenvalue weighted by Crippen LogP contribution is 2.43. The first kappa shape index (κ1) is 24.9. The van der Waals surface area contributed by atoms with Gasteiger partial charge in [0.05, 0.1) is 6.10 Å². The molecular weight excluding hydrogens is 484 g/mol. The minimum absolute atomic E-state index is 0.184. The zero-order chi connectivity index (χ0) is 26.5. The molecule has 3 aromatic rings. The fraction of sp³-hybridized carbons (Fsp3) is 0.304. The predicted molar refractivity (Wildman–Crippen MR) is 119 cm³/mol. The molecule has 5 atom stereocenters. The standard InChI is InChI=1S/C23H22O13/c1-7-20(34-8(2)24)18(31)19(32)23(33-7)36-22-17(30)15-11(26)5-10(25)6-14(15)35-21(22)9-3-12(27)16(29)13(28)4-9/h3-7,18-20,23,25-29,31-32H,1-2H3/t7?,18?,19-,20-,23-/m0/s1. The minimum Gasteiger partial charge on any atom is -0.508 e. The van der Waals surface area contributed by atoms with Gasteiger partial charge in [-0.2, -0.15) is 0 Å². The first-order valence-corrected chi connectivity index (χ1v) is 10.5. The number of benzene rings is 2. The largest absolute Gasteiger partial charge is 0.508 e. The van der Waals surface area contributed by atoms with E-state index in [1.165, 1.54) is 6.92 Å². The average molecular weight is 506 g/mol. The summed E-state index contributed by atoms with van der Waals surface area (Å²) in [5.41, 5.74) is -1.49. The van der Waals surface area contributed by atoms with Crippen molar-refractivity contribution < 1.29 is 59.2 Å². The predicted octanol–water partition coefficient (Wildman–Crippen LogP) is 0.765. The summed E-state index contributed by atoms with van der Waals surface area (Å²) in [6.45, 7) is 2.53. The third-order valence-corrected chi connectivity index (χ3v) is 5.56. The van der Waals surface area contributed by atoms with Gasteiger partial charge in [0, 0.05) is 24.6 Å². The molecular formula is C23H22O13. The monoisotopic (exact) mass is 506 g/mol. The SMILES string of the molecule is CC(=O)O[C@H]1C(C)O[C@@H](Oc2c(-c3cc(O)c(O)c(O)c3)oc3cc(O)cc(O)c3c2=O)[C@@H](O)C1O. The number of carbonyl (C=O) groups excluding carboxylic acids is 1. The van der Waals surface area contributed by atoms with Crippen LogP contribution in [0.25, 0.3) is 22.3 Å². The second-order valence-corrected chi connectivity index (χ2v) is 8.17. The molecule has 2 heterocycles. The second kappa shape index (κ2) is 9.11. The highest BCUT2D eigenvalue weighted by atomic mass is 16.7. The molecule has 0 saturated carbocycles. The van der Waals surface area contributed by atoms with Crippen LogP contribution in [0.4, 0.5) is 0 Å². The maximum absolute atomic E-state index is 13.4. The highest BCUT2D eigenvalue weighted by Gasteiger charge is 2.46. The Bertz CT molecular complexity index is 1370. The lowest BCUT2D eigenvalue weighted by molar-refractivity contribution is -0.272. The van der Waals surface area contributed by atoms with Gasteiger partial charge in [-0.3, -0.25) is 9.59 Å². The molecule has 0 amide bonds. The summed E-state index contributed by atoms with van der Waals surface area (Å²) in [7, 11) is 0. The summed E-state index contributed by atoms with van der Waals surface area (Å²) in [4.78, 5) is 24.7. The van der Waals surface area contributed by atoms with Crippen LogP contribution in [-0.2, 0) is 14.3 Å². The van der Waals surface area contributed by atoms with Crippen LogP contribution in [0.5, 0.6) is 34.5 Å². The third-order valence-electron chi connectivity index (χ3n) is 5.56. The Morgan fingerprint density at radius 1 is 0.944 bits per heavy atom. The molecule has 192 valence electrons. The topological polar surface area (TPSA) is 217 Å². The number of rotatable bonds is 4. The summed E-state index contributed by atoms with van der Waals surface area (Å²) in [5.74, 6) is -5.38. The Kier molecular flexibility index (Phi) is 6.30.